The van der Waals surface area contributed by atoms with E-state index in [1.54, 1.807) is 37.3 Å². The van der Waals surface area contributed by atoms with Crippen molar-refractivity contribution in [2.45, 2.75) is 25.4 Å². The fraction of sp³-hybridized carbons (Fsp3) is 0.417. The lowest BCUT2D eigenvalue weighted by atomic mass is 9.97. The number of carbonyl (C=O) groups is 1. The van der Waals surface area contributed by atoms with Crippen LogP contribution in [0.5, 0.6) is 0 Å². The Morgan fingerprint density at radius 3 is 2.35 bits per heavy atom. The molecule has 0 spiro atoms. The van der Waals surface area contributed by atoms with Crippen molar-refractivity contribution in [1.29, 1.82) is 0 Å². The molecule has 2 nitrogen and oxygen atoms in total. The van der Waals surface area contributed by atoms with Crippen molar-refractivity contribution in [2.24, 2.45) is 0 Å². The minimum Gasteiger partial charge on any atom is -0.456 e. The van der Waals surface area contributed by atoms with E-state index < -0.39 is 24.7 Å². The second-order valence-corrected chi connectivity index (χ2v) is 3.59. The van der Waals surface area contributed by atoms with E-state index in [-0.39, 0.29) is 0 Å². The molecular formula is C12H13F3O2. The fourth-order valence-electron chi connectivity index (χ4n) is 1.48. The number of hydrogen-bond donors (Lipinski definition) is 0. The number of rotatable bonds is 4. The van der Waals surface area contributed by atoms with Crippen LogP contribution in [-0.4, -0.2) is 18.8 Å². The van der Waals surface area contributed by atoms with Gasteiger partial charge in [0.15, 0.2) is 6.61 Å². The van der Waals surface area contributed by atoms with E-state index in [2.05, 4.69) is 4.74 Å². The van der Waals surface area contributed by atoms with Crippen LogP contribution in [0.1, 0.15) is 24.8 Å². The average molecular weight is 246 g/mol. The van der Waals surface area contributed by atoms with Crippen LogP contribution in [0.4, 0.5) is 13.2 Å². The predicted octanol–water partition coefficient (Wildman–Crippen LogP) is 3.29. The molecule has 0 radical (unpaired) electrons. The smallest absolute Gasteiger partial charge is 0.422 e. The quantitative estimate of drug-likeness (QED) is 0.762. The lowest BCUT2D eigenvalue weighted by Gasteiger charge is -2.15. The summed E-state index contributed by atoms with van der Waals surface area (Å²) in [5.41, 5.74) is 0.669. The number of benzene rings is 1. The van der Waals surface area contributed by atoms with Crippen molar-refractivity contribution < 1.29 is 22.7 Å². The Kier molecular flexibility index (Phi) is 4.54. The molecule has 1 aromatic rings. The van der Waals surface area contributed by atoms with E-state index in [4.69, 9.17) is 0 Å². The zero-order chi connectivity index (χ0) is 12.9. The highest BCUT2D eigenvalue weighted by Gasteiger charge is 2.31. The average Bonchev–Trinajstić information content (AvgIpc) is 2.28. The van der Waals surface area contributed by atoms with Gasteiger partial charge in [-0.1, -0.05) is 37.3 Å². The Hall–Kier alpha value is -1.52. The lowest BCUT2D eigenvalue weighted by Crippen LogP contribution is -2.23. The SMILES string of the molecule is CCC(C(=O)OCC(F)(F)F)c1ccccc1. The van der Waals surface area contributed by atoms with E-state index in [0.29, 0.717) is 12.0 Å². The highest BCUT2D eigenvalue weighted by Crippen LogP contribution is 2.22. The topological polar surface area (TPSA) is 26.3 Å². The number of ether oxygens (including phenoxy) is 1. The van der Waals surface area contributed by atoms with Gasteiger partial charge in [0.1, 0.15) is 0 Å². The summed E-state index contributed by atoms with van der Waals surface area (Å²) in [4.78, 5) is 11.5. The van der Waals surface area contributed by atoms with Crippen LogP contribution in [0.2, 0.25) is 0 Å². The van der Waals surface area contributed by atoms with Crippen molar-refractivity contribution in [3.63, 3.8) is 0 Å². The van der Waals surface area contributed by atoms with Gasteiger partial charge >= 0.3 is 12.1 Å². The van der Waals surface area contributed by atoms with E-state index in [0.717, 1.165) is 0 Å². The molecule has 5 heteroatoms. The largest absolute Gasteiger partial charge is 0.456 e. The molecule has 1 unspecified atom stereocenters. The molecule has 0 aliphatic heterocycles. The first-order chi connectivity index (χ1) is 7.94. The monoisotopic (exact) mass is 246 g/mol. The number of esters is 1. The first-order valence-electron chi connectivity index (χ1n) is 5.22. The fourth-order valence-corrected chi connectivity index (χ4v) is 1.48. The molecule has 0 saturated carbocycles. The molecule has 1 atom stereocenters. The van der Waals surface area contributed by atoms with Crippen molar-refractivity contribution in [1.82, 2.24) is 0 Å². The molecule has 0 heterocycles. The molecule has 0 aromatic heterocycles. The third-order valence-corrected chi connectivity index (χ3v) is 2.27. The third kappa shape index (κ3) is 4.46. The minimum absolute atomic E-state index is 0.403. The zero-order valence-electron chi connectivity index (χ0n) is 9.33. The minimum atomic E-state index is -4.48. The van der Waals surface area contributed by atoms with Crippen LogP contribution in [0.25, 0.3) is 0 Å². The molecule has 0 saturated heterocycles. The summed E-state index contributed by atoms with van der Waals surface area (Å²) in [6.45, 7) is 0.196. The number of halogens is 3. The van der Waals surface area contributed by atoms with Gasteiger partial charge in [0, 0.05) is 0 Å². The van der Waals surface area contributed by atoms with Gasteiger partial charge in [-0.05, 0) is 12.0 Å². The number of carbonyl (C=O) groups excluding carboxylic acids is 1. The summed E-state index contributed by atoms with van der Waals surface area (Å²) < 4.78 is 40.0. The van der Waals surface area contributed by atoms with Crippen LogP contribution in [-0.2, 0) is 9.53 Å². The van der Waals surface area contributed by atoms with Gasteiger partial charge < -0.3 is 4.74 Å². The summed E-state index contributed by atoms with van der Waals surface area (Å²) in [6, 6.07) is 8.63. The summed E-state index contributed by atoms with van der Waals surface area (Å²) in [6.07, 6.45) is -4.08. The number of alkyl halides is 3. The summed E-state index contributed by atoms with van der Waals surface area (Å²) in [5, 5.41) is 0. The van der Waals surface area contributed by atoms with Crippen LogP contribution in [0.15, 0.2) is 30.3 Å². The van der Waals surface area contributed by atoms with Gasteiger partial charge in [0.25, 0.3) is 0 Å². The molecule has 0 amide bonds. The van der Waals surface area contributed by atoms with E-state index in [1.807, 2.05) is 0 Å². The normalized spacial score (nSPS) is 13.2. The van der Waals surface area contributed by atoms with Crippen LogP contribution < -0.4 is 0 Å². The van der Waals surface area contributed by atoms with Crippen molar-refractivity contribution >= 4 is 5.97 Å². The molecule has 0 N–H and O–H groups in total. The van der Waals surface area contributed by atoms with Crippen molar-refractivity contribution in [2.75, 3.05) is 6.61 Å². The second-order valence-electron chi connectivity index (χ2n) is 3.59. The molecule has 0 fully saturated rings. The maximum absolute atomic E-state index is 11.9. The van der Waals surface area contributed by atoms with Crippen LogP contribution in [0.3, 0.4) is 0 Å². The maximum Gasteiger partial charge on any atom is 0.422 e. The molecule has 94 valence electrons. The summed E-state index contributed by atoms with van der Waals surface area (Å²) in [7, 11) is 0. The Morgan fingerprint density at radius 1 is 1.29 bits per heavy atom. The van der Waals surface area contributed by atoms with Crippen molar-refractivity contribution in [3.05, 3.63) is 35.9 Å². The van der Waals surface area contributed by atoms with E-state index >= 15 is 0 Å². The first kappa shape index (κ1) is 13.5. The lowest BCUT2D eigenvalue weighted by molar-refractivity contribution is -0.187. The van der Waals surface area contributed by atoms with Gasteiger partial charge in [0.2, 0.25) is 0 Å². The summed E-state index contributed by atoms with van der Waals surface area (Å²) >= 11 is 0. The Bertz CT molecular complexity index is 360. The van der Waals surface area contributed by atoms with Crippen molar-refractivity contribution in [3.8, 4) is 0 Å². The van der Waals surface area contributed by atoms with Gasteiger partial charge in [-0.3, -0.25) is 4.79 Å². The molecule has 1 rings (SSSR count). The van der Waals surface area contributed by atoms with Gasteiger partial charge in [0.05, 0.1) is 5.92 Å². The first-order valence-corrected chi connectivity index (χ1v) is 5.22. The Balaban J connectivity index is 2.66. The Labute approximate surface area is 97.4 Å². The standard InChI is InChI=1S/C12H13F3O2/c1-2-10(9-6-4-3-5-7-9)11(16)17-8-12(13,14)15/h3-7,10H,2,8H2,1H3. The number of hydrogen-bond acceptors (Lipinski definition) is 2. The third-order valence-electron chi connectivity index (χ3n) is 2.27. The molecule has 0 aliphatic carbocycles. The van der Waals surface area contributed by atoms with Gasteiger partial charge in [-0.2, -0.15) is 13.2 Å². The highest BCUT2D eigenvalue weighted by atomic mass is 19.4. The van der Waals surface area contributed by atoms with Crippen LogP contribution in [0, 0.1) is 0 Å². The van der Waals surface area contributed by atoms with Gasteiger partial charge in [-0.25, -0.2) is 0 Å². The molecule has 17 heavy (non-hydrogen) atoms. The summed E-state index contributed by atoms with van der Waals surface area (Å²) in [5.74, 6) is -1.48. The molecular weight excluding hydrogens is 233 g/mol. The zero-order valence-corrected chi connectivity index (χ0v) is 9.33. The van der Waals surface area contributed by atoms with E-state index in [1.165, 1.54) is 0 Å². The molecule has 0 bridgehead atoms. The molecule has 0 aliphatic rings. The van der Waals surface area contributed by atoms with Crippen LogP contribution >= 0.6 is 0 Å². The predicted molar refractivity (Wildman–Crippen MR) is 56.5 cm³/mol. The maximum atomic E-state index is 11.9. The van der Waals surface area contributed by atoms with E-state index in [9.17, 15) is 18.0 Å². The molecule has 1 aromatic carbocycles. The highest BCUT2D eigenvalue weighted by molar-refractivity contribution is 5.78. The Morgan fingerprint density at radius 2 is 1.88 bits per heavy atom. The second kappa shape index (κ2) is 5.70. The van der Waals surface area contributed by atoms with Gasteiger partial charge in [-0.15, -0.1) is 0 Å².